The molecular formula is C15H14ClNO3. The molecule has 5 heteroatoms. The Morgan fingerprint density at radius 2 is 1.90 bits per heavy atom. The number of hydrogen-bond donors (Lipinski definition) is 0. The molecule has 1 aromatic heterocycles. The van der Waals surface area contributed by atoms with Crippen molar-refractivity contribution in [2.45, 2.75) is 38.2 Å². The van der Waals surface area contributed by atoms with Crippen LogP contribution in [0.25, 0.3) is 0 Å². The van der Waals surface area contributed by atoms with Crippen LogP contribution in [-0.4, -0.2) is 22.7 Å². The Balaban J connectivity index is 1.92. The molecule has 0 aromatic carbocycles. The summed E-state index contributed by atoms with van der Waals surface area (Å²) in [7, 11) is 0. The first-order valence-corrected chi connectivity index (χ1v) is 7.17. The van der Waals surface area contributed by atoms with E-state index in [4.69, 9.17) is 16.3 Å². The molecule has 1 aromatic rings. The summed E-state index contributed by atoms with van der Waals surface area (Å²) < 4.78 is 5.72. The monoisotopic (exact) mass is 291 g/mol. The van der Waals surface area contributed by atoms with Gasteiger partial charge in [0, 0.05) is 6.20 Å². The van der Waals surface area contributed by atoms with Gasteiger partial charge >= 0.3 is 0 Å². The molecule has 104 valence electrons. The maximum atomic E-state index is 12.4. The Labute approximate surface area is 121 Å². The number of fused-ring (bicyclic) bond motifs is 1. The molecule has 0 saturated heterocycles. The van der Waals surface area contributed by atoms with E-state index in [0.29, 0.717) is 0 Å². The van der Waals surface area contributed by atoms with Crippen LogP contribution in [0.3, 0.4) is 0 Å². The number of halogens is 1. The molecule has 0 radical (unpaired) electrons. The molecule has 0 amide bonds. The number of ketones is 2. The maximum Gasteiger partial charge on any atom is 0.248 e. The summed E-state index contributed by atoms with van der Waals surface area (Å²) in [6, 6.07) is 3.17. The highest BCUT2D eigenvalue weighted by Crippen LogP contribution is 2.31. The summed E-state index contributed by atoms with van der Waals surface area (Å²) in [5.74, 6) is -0.814. The van der Waals surface area contributed by atoms with Crippen LogP contribution in [0.1, 0.15) is 53.0 Å². The zero-order chi connectivity index (χ0) is 14.1. The lowest BCUT2D eigenvalue weighted by Crippen LogP contribution is -2.26. The number of carbonyl (C=O) groups excluding carboxylic acids is 2. The number of nitrogens with zero attached hydrogens (tertiary/aromatic N) is 1. The van der Waals surface area contributed by atoms with Crippen molar-refractivity contribution in [2.24, 2.45) is 0 Å². The fourth-order valence-electron chi connectivity index (χ4n) is 2.65. The molecule has 3 rings (SSSR count). The zero-order valence-electron chi connectivity index (χ0n) is 10.9. The van der Waals surface area contributed by atoms with Crippen LogP contribution in [0, 0.1) is 0 Å². The van der Waals surface area contributed by atoms with Gasteiger partial charge in [0.2, 0.25) is 11.6 Å². The molecule has 0 unspecified atom stereocenters. The number of hydrogen-bond acceptors (Lipinski definition) is 4. The molecular weight excluding hydrogens is 278 g/mol. The van der Waals surface area contributed by atoms with Crippen molar-refractivity contribution in [3.63, 3.8) is 0 Å². The minimum absolute atomic E-state index is 0.0326. The highest BCUT2D eigenvalue weighted by Gasteiger charge is 2.35. The lowest BCUT2D eigenvalue weighted by atomic mass is 9.96. The Bertz CT molecular complexity index is 603. The fraction of sp³-hybridized carbons (Fsp3) is 0.400. The second kappa shape index (κ2) is 5.37. The number of rotatable bonds is 2. The predicted molar refractivity (Wildman–Crippen MR) is 73.7 cm³/mol. The van der Waals surface area contributed by atoms with Crippen LogP contribution in [0.5, 0.6) is 0 Å². The van der Waals surface area contributed by atoms with E-state index in [0.717, 1.165) is 25.7 Å². The summed E-state index contributed by atoms with van der Waals surface area (Å²) in [4.78, 5) is 28.5. The van der Waals surface area contributed by atoms with Crippen molar-refractivity contribution < 1.29 is 14.3 Å². The molecule has 0 spiro atoms. The first-order valence-electron chi connectivity index (χ1n) is 6.79. The van der Waals surface area contributed by atoms with E-state index < -0.39 is 5.78 Å². The van der Waals surface area contributed by atoms with Crippen LogP contribution < -0.4 is 0 Å². The summed E-state index contributed by atoms with van der Waals surface area (Å²) in [6.45, 7) is 0. The van der Waals surface area contributed by atoms with Gasteiger partial charge in [-0.05, 0) is 37.8 Å². The van der Waals surface area contributed by atoms with Gasteiger partial charge < -0.3 is 4.74 Å². The van der Waals surface area contributed by atoms with Crippen molar-refractivity contribution in [1.82, 2.24) is 4.98 Å². The van der Waals surface area contributed by atoms with Gasteiger partial charge in [-0.2, -0.15) is 0 Å². The summed E-state index contributed by atoms with van der Waals surface area (Å²) in [6.07, 6.45) is 6.58. The largest absolute Gasteiger partial charge is 0.485 e. The maximum absolute atomic E-state index is 12.4. The van der Waals surface area contributed by atoms with Crippen molar-refractivity contribution >= 4 is 23.2 Å². The van der Waals surface area contributed by atoms with E-state index in [9.17, 15) is 9.59 Å². The van der Waals surface area contributed by atoms with Crippen LogP contribution in [0.4, 0.5) is 0 Å². The van der Waals surface area contributed by atoms with E-state index in [1.165, 1.54) is 12.6 Å². The van der Waals surface area contributed by atoms with Crippen LogP contribution in [0.2, 0.25) is 0 Å². The van der Waals surface area contributed by atoms with E-state index in [1.54, 1.807) is 12.1 Å². The van der Waals surface area contributed by atoms with Crippen molar-refractivity contribution in [3.8, 4) is 0 Å². The lowest BCUT2D eigenvalue weighted by molar-refractivity contribution is 0.0609. The minimum atomic E-state index is -0.393. The SMILES string of the molecule is O=C1C(Cl)=C(OC2CCCCC2)C(=O)c2ncccc21. The number of ether oxygens (including phenoxy) is 1. The Morgan fingerprint density at radius 3 is 2.65 bits per heavy atom. The lowest BCUT2D eigenvalue weighted by Gasteiger charge is -2.26. The average molecular weight is 292 g/mol. The quantitative estimate of drug-likeness (QED) is 0.839. The predicted octanol–water partition coefficient (Wildman–Crippen LogP) is 3.26. The molecule has 1 saturated carbocycles. The van der Waals surface area contributed by atoms with Crippen LogP contribution in [-0.2, 0) is 4.74 Å². The highest BCUT2D eigenvalue weighted by atomic mass is 35.5. The van der Waals surface area contributed by atoms with Gasteiger partial charge in [-0.25, -0.2) is 0 Å². The van der Waals surface area contributed by atoms with Gasteiger partial charge in [0.15, 0.2) is 5.76 Å². The number of allylic oxidation sites excluding steroid dienone is 2. The minimum Gasteiger partial charge on any atom is -0.485 e. The highest BCUT2D eigenvalue weighted by molar-refractivity contribution is 6.49. The van der Waals surface area contributed by atoms with E-state index >= 15 is 0 Å². The molecule has 2 aliphatic carbocycles. The second-order valence-corrected chi connectivity index (χ2v) is 5.46. The normalized spacial score (nSPS) is 20.1. The smallest absolute Gasteiger partial charge is 0.248 e. The Morgan fingerprint density at radius 1 is 1.15 bits per heavy atom. The standard InChI is InChI=1S/C15H14ClNO3/c16-11-13(18)10-7-4-8-17-12(10)14(19)15(11)20-9-5-2-1-3-6-9/h4,7-9H,1-3,5-6H2. The van der Waals surface area contributed by atoms with Gasteiger partial charge in [-0.3, -0.25) is 14.6 Å². The zero-order valence-corrected chi connectivity index (χ0v) is 11.7. The molecule has 1 heterocycles. The van der Waals surface area contributed by atoms with E-state index in [1.807, 2.05) is 0 Å². The number of Topliss-reactive ketones (excluding diaryl/α,β-unsaturated/α-hetero) is 2. The van der Waals surface area contributed by atoms with Gasteiger partial charge in [-0.1, -0.05) is 18.0 Å². The van der Waals surface area contributed by atoms with Gasteiger partial charge in [0.25, 0.3) is 0 Å². The average Bonchev–Trinajstić information content (AvgIpc) is 2.50. The van der Waals surface area contributed by atoms with Gasteiger partial charge in [-0.15, -0.1) is 0 Å². The second-order valence-electron chi connectivity index (χ2n) is 5.08. The molecule has 4 nitrogen and oxygen atoms in total. The molecule has 2 aliphatic rings. The molecule has 0 aliphatic heterocycles. The molecule has 20 heavy (non-hydrogen) atoms. The van der Waals surface area contributed by atoms with Gasteiger partial charge in [0.05, 0.1) is 11.7 Å². The third kappa shape index (κ3) is 2.24. The third-order valence-electron chi connectivity index (χ3n) is 3.71. The van der Waals surface area contributed by atoms with Crippen LogP contribution in [0.15, 0.2) is 29.1 Å². The van der Waals surface area contributed by atoms with Gasteiger partial charge in [0.1, 0.15) is 10.7 Å². The molecule has 0 bridgehead atoms. The molecule has 0 N–H and O–H groups in total. The fourth-order valence-corrected chi connectivity index (χ4v) is 2.89. The molecule has 0 atom stereocenters. The number of pyridine rings is 1. The topological polar surface area (TPSA) is 56.3 Å². The number of aromatic nitrogens is 1. The first-order chi connectivity index (χ1) is 9.68. The molecule has 1 fully saturated rings. The van der Waals surface area contributed by atoms with Crippen LogP contribution >= 0.6 is 11.6 Å². The Kier molecular flexibility index (Phi) is 3.57. The first kappa shape index (κ1) is 13.3. The van der Waals surface area contributed by atoms with E-state index in [2.05, 4.69) is 4.98 Å². The summed E-state index contributed by atoms with van der Waals surface area (Å²) in [5, 5.41) is -0.124. The third-order valence-corrected chi connectivity index (χ3v) is 4.05. The summed E-state index contributed by atoms with van der Waals surface area (Å²) in [5.41, 5.74) is 0.381. The number of carbonyl (C=O) groups is 2. The van der Waals surface area contributed by atoms with Crippen molar-refractivity contribution in [3.05, 3.63) is 40.4 Å². The van der Waals surface area contributed by atoms with Crippen molar-refractivity contribution in [1.29, 1.82) is 0 Å². The van der Waals surface area contributed by atoms with E-state index in [-0.39, 0.29) is 33.9 Å². The Hall–Kier alpha value is -1.68. The summed E-state index contributed by atoms with van der Waals surface area (Å²) >= 11 is 6.03. The van der Waals surface area contributed by atoms with Crippen molar-refractivity contribution in [2.75, 3.05) is 0 Å².